The summed E-state index contributed by atoms with van der Waals surface area (Å²) in [7, 11) is 0. The third-order valence-corrected chi connectivity index (χ3v) is 5.45. The van der Waals surface area contributed by atoms with Crippen LogP contribution in [0, 0.1) is 12.8 Å². The van der Waals surface area contributed by atoms with Gasteiger partial charge in [0.1, 0.15) is 17.3 Å². The summed E-state index contributed by atoms with van der Waals surface area (Å²) >= 11 is 0. The molecule has 134 valence electrons. The largest absolute Gasteiger partial charge is 0.492 e. The quantitative estimate of drug-likeness (QED) is 0.833. The van der Waals surface area contributed by atoms with E-state index in [9.17, 15) is 0 Å². The van der Waals surface area contributed by atoms with E-state index in [0.29, 0.717) is 12.5 Å². The summed E-state index contributed by atoms with van der Waals surface area (Å²) in [5.41, 5.74) is -0.0813. The first-order chi connectivity index (χ1) is 12.2. The molecule has 0 amide bonds. The molecule has 0 aromatic carbocycles. The molecule has 0 N–H and O–H groups in total. The Kier molecular flexibility index (Phi) is 4.77. The van der Waals surface area contributed by atoms with Gasteiger partial charge in [-0.2, -0.15) is 0 Å². The lowest BCUT2D eigenvalue weighted by atomic mass is 9.89. The number of ether oxygens (including phenoxy) is 2. The molecule has 1 saturated carbocycles. The fourth-order valence-corrected chi connectivity index (χ4v) is 4.18. The van der Waals surface area contributed by atoms with Gasteiger partial charge in [-0.25, -0.2) is 0 Å². The van der Waals surface area contributed by atoms with Crippen molar-refractivity contribution in [2.75, 3.05) is 26.3 Å². The molecule has 1 aliphatic heterocycles. The Morgan fingerprint density at radius 1 is 1.36 bits per heavy atom. The first-order valence-electron chi connectivity index (χ1n) is 9.18. The van der Waals surface area contributed by atoms with Crippen molar-refractivity contribution >= 4 is 0 Å². The van der Waals surface area contributed by atoms with E-state index in [2.05, 4.69) is 16.0 Å². The van der Waals surface area contributed by atoms with Gasteiger partial charge in [0, 0.05) is 25.2 Å². The van der Waals surface area contributed by atoms with Crippen molar-refractivity contribution in [1.82, 2.24) is 9.88 Å². The summed E-state index contributed by atoms with van der Waals surface area (Å²) in [5.74, 6) is 3.27. The van der Waals surface area contributed by atoms with E-state index in [1.54, 1.807) is 12.4 Å². The molecule has 5 nitrogen and oxygen atoms in total. The normalized spacial score (nSPS) is 27.0. The minimum absolute atomic E-state index is 0.0813. The maximum atomic E-state index is 6.33. The van der Waals surface area contributed by atoms with E-state index in [4.69, 9.17) is 13.9 Å². The SMILES string of the molecule is Cc1ccc(CN2CCO[C@@]3(CCC[C@H]3COc3cccnc3)C2)o1. The second-order valence-electron chi connectivity index (χ2n) is 7.23. The van der Waals surface area contributed by atoms with Crippen LogP contribution < -0.4 is 4.74 Å². The van der Waals surface area contributed by atoms with Gasteiger partial charge < -0.3 is 13.9 Å². The molecule has 5 heteroatoms. The molecule has 2 fully saturated rings. The number of hydrogen-bond acceptors (Lipinski definition) is 5. The molecular formula is C20H26N2O3. The van der Waals surface area contributed by atoms with Crippen LogP contribution in [-0.2, 0) is 11.3 Å². The monoisotopic (exact) mass is 342 g/mol. The van der Waals surface area contributed by atoms with Crippen LogP contribution in [-0.4, -0.2) is 41.8 Å². The summed E-state index contributed by atoms with van der Waals surface area (Å²) in [4.78, 5) is 6.58. The van der Waals surface area contributed by atoms with Gasteiger partial charge in [0.25, 0.3) is 0 Å². The van der Waals surface area contributed by atoms with Crippen LogP contribution in [0.25, 0.3) is 0 Å². The zero-order chi connectivity index (χ0) is 17.1. The minimum atomic E-state index is -0.0813. The lowest BCUT2D eigenvalue weighted by molar-refractivity contribution is -0.138. The maximum absolute atomic E-state index is 6.33. The predicted octanol–water partition coefficient (Wildman–Crippen LogP) is 3.43. The zero-order valence-electron chi connectivity index (χ0n) is 14.8. The Labute approximate surface area is 148 Å². The second-order valence-corrected chi connectivity index (χ2v) is 7.23. The Hall–Kier alpha value is -1.85. The van der Waals surface area contributed by atoms with Gasteiger partial charge in [0.15, 0.2) is 0 Å². The van der Waals surface area contributed by atoms with Gasteiger partial charge in [-0.3, -0.25) is 9.88 Å². The molecule has 4 rings (SSSR count). The third kappa shape index (κ3) is 3.72. The van der Waals surface area contributed by atoms with E-state index in [-0.39, 0.29) is 5.60 Å². The van der Waals surface area contributed by atoms with E-state index >= 15 is 0 Å². The Bertz CT molecular complexity index is 687. The van der Waals surface area contributed by atoms with Gasteiger partial charge >= 0.3 is 0 Å². The van der Waals surface area contributed by atoms with Crippen molar-refractivity contribution in [2.24, 2.45) is 5.92 Å². The molecule has 2 aliphatic rings. The standard InChI is InChI=1S/C20H26N2O3/c1-16-6-7-19(25-16)13-22-10-11-24-20(15-22)8-2-4-17(20)14-23-18-5-3-9-21-12-18/h3,5-7,9,12,17H,2,4,8,10-11,13-15H2,1H3/t17-,20-/m0/s1. The molecule has 0 radical (unpaired) electrons. The number of pyridine rings is 1. The summed E-state index contributed by atoms with van der Waals surface area (Å²) in [5, 5.41) is 0. The van der Waals surface area contributed by atoms with Gasteiger partial charge in [0.2, 0.25) is 0 Å². The number of hydrogen-bond donors (Lipinski definition) is 0. The number of aryl methyl sites for hydroxylation is 1. The highest BCUT2D eigenvalue weighted by Gasteiger charge is 2.47. The third-order valence-electron chi connectivity index (χ3n) is 5.45. The molecule has 1 spiro atoms. The predicted molar refractivity (Wildman–Crippen MR) is 94.5 cm³/mol. The van der Waals surface area contributed by atoms with Crippen molar-refractivity contribution in [2.45, 2.75) is 38.3 Å². The lowest BCUT2D eigenvalue weighted by Gasteiger charge is -2.43. The van der Waals surface area contributed by atoms with Crippen molar-refractivity contribution in [3.8, 4) is 5.75 Å². The molecule has 2 atom stereocenters. The molecule has 0 unspecified atom stereocenters. The first-order valence-corrected chi connectivity index (χ1v) is 9.18. The van der Waals surface area contributed by atoms with E-state index in [0.717, 1.165) is 56.4 Å². The highest BCUT2D eigenvalue weighted by Crippen LogP contribution is 2.41. The van der Waals surface area contributed by atoms with E-state index in [1.807, 2.05) is 25.1 Å². The number of nitrogens with zero attached hydrogens (tertiary/aromatic N) is 2. The average Bonchev–Trinajstić information content (AvgIpc) is 3.20. The van der Waals surface area contributed by atoms with Gasteiger partial charge in [-0.05, 0) is 50.5 Å². The van der Waals surface area contributed by atoms with Crippen LogP contribution in [0.1, 0.15) is 30.8 Å². The van der Waals surface area contributed by atoms with E-state index < -0.39 is 0 Å². The summed E-state index contributed by atoms with van der Waals surface area (Å²) in [6, 6.07) is 7.98. The topological polar surface area (TPSA) is 47.7 Å². The first kappa shape index (κ1) is 16.6. The summed E-state index contributed by atoms with van der Waals surface area (Å²) < 4.78 is 18.1. The molecule has 1 aliphatic carbocycles. The molecule has 1 saturated heterocycles. The van der Waals surface area contributed by atoms with Crippen LogP contribution in [0.15, 0.2) is 41.1 Å². The molecule has 2 aromatic rings. The Morgan fingerprint density at radius 3 is 3.12 bits per heavy atom. The Morgan fingerprint density at radius 2 is 2.32 bits per heavy atom. The lowest BCUT2D eigenvalue weighted by Crippen LogP contribution is -2.54. The zero-order valence-corrected chi connectivity index (χ0v) is 14.8. The fourth-order valence-electron chi connectivity index (χ4n) is 4.18. The van der Waals surface area contributed by atoms with Crippen molar-refractivity contribution in [3.05, 3.63) is 48.2 Å². The van der Waals surface area contributed by atoms with Crippen molar-refractivity contribution < 1.29 is 13.9 Å². The van der Waals surface area contributed by atoms with Crippen molar-refractivity contribution in [3.63, 3.8) is 0 Å². The number of furan rings is 1. The van der Waals surface area contributed by atoms with Gasteiger partial charge in [-0.1, -0.05) is 0 Å². The molecule has 3 heterocycles. The van der Waals surface area contributed by atoms with Crippen LogP contribution in [0.3, 0.4) is 0 Å². The van der Waals surface area contributed by atoms with Gasteiger partial charge in [0.05, 0.1) is 31.6 Å². The summed E-state index contributed by atoms with van der Waals surface area (Å²) in [6.45, 7) is 6.23. The molecule has 25 heavy (non-hydrogen) atoms. The van der Waals surface area contributed by atoms with E-state index in [1.165, 1.54) is 6.42 Å². The second kappa shape index (κ2) is 7.18. The Balaban J connectivity index is 1.40. The number of morpholine rings is 1. The highest BCUT2D eigenvalue weighted by molar-refractivity contribution is 5.15. The maximum Gasteiger partial charge on any atom is 0.137 e. The molecule has 0 bridgehead atoms. The van der Waals surface area contributed by atoms with Gasteiger partial charge in [-0.15, -0.1) is 0 Å². The van der Waals surface area contributed by atoms with Crippen LogP contribution in [0.5, 0.6) is 5.75 Å². The number of aromatic nitrogens is 1. The molecule has 2 aromatic heterocycles. The number of rotatable bonds is 5. The van der Waals surface area contributed by atoms with Crippen LogP contribution in [0.2, 0.25) is 0 Å². The average molecular weight is 342 g/mol. The smallest absolute Gasteiger partial charge is 0.137 e. The van der Waals surface area contributed by atoms with Crippen molar-refractivity contribution in [1.29, 1.82) is 0 Å². The highest BCUT2D eigenvalue weighted by atomic mass is 16.5. The summed E-state index contributed by atoms with van der Waals surface area (Å²) in [6.07, 6.45) is 7.02. The van der Waals surface area contributed by atoms with Crippen LogP contribution >= 0.6 is 0 Å². The minimum Gasteiger partial charge on any atom is -0.492 e. The fraction of sp³-hybridized carbons (Fsp3) is 0.550. The van der Waals surface area contributed by atoms with Crippen LogP contribution in [0.4, 0.5) is 0 Å². The molecular weight excluding hydrogens is 316 g/mol.